The molecule has 2 nitrogen and oxygen atoms in total. The number of ketones is 1. The molecule has 0 amide bonds. The van der Waals surface area contributed by atoms with Crippen LogP contribution in [0.5, 0.6) is 0 Å². The van der Waals surface area contributed by atoms with E-state index < -0.39 is 0 Å². The maximum Gasteiger partial charge on any atom is 0.146 e. The molecule has 0 aromatic rings. The second-order valence-corrected chi connectivity index (χ2v) is 3.93. The van der Waals surface area contributed by atoms with Crippen molar-refractivity contribution in [2.24, 2.45) is 5.92 Å². The third-order valence-electron chi connectivity index (χ3n) is 3.18. The Kier molecular flexibility index (Phi) is 3.48. The summed E-state index contributed by atoms with van der Waals surface area (Å²) in [6.45, 7) is 5.71. The number of hydrogen-bond acceptors (Lipinski definition) is 2. The average Bonchev–Trinajstić information content (AvgIpc) is 2.87. The standard InChI is InChI=1S/C9H15NO.C2H6/c1-6(11)8-4-3-7-5-9(7)10(8)2;1-2/h7-9H,3-5H2,1-2H3;1-2H3. The summed E-state index contributed by atoms with van der Waals surface area (Å²) >= 11 is 0. The zero-order valence-corrected chi connectivity index (χ0v) is 9.21. The Hall–Kier alpha value is -0.370. The molecule has 3 atom stereocenters. The van der Waals surface area contributed by atoms with Crippen LogP contribution in [0.4, 0.5) is 0 Å². The van der Waals surface area contributed by atoms with E-state index >= 15 is 0 Å². The molecule has 0 bridgehead atoms. The molecular formula is C11H21NO. The van der Waals surface area contributed by atoms with Crippen molar-refractivity contribution >= 4 is 5.78 Å². The van der Waals surface area contributed by atoms with Crippen molar-refractivity contribution in [3.05, 3.63) is 0 Å². The molecule has 1 saturated heterocycles. The van der Waals surface area contributed by atoms with Crippen molar-refractivity contribution in [3.8, 4) is 0 Å². The fourth-order valence-electron chi connectivity index (χ4n) is 2.34. The number of rotatable bonds is 1. The zero-order chi connectivity index (χ0) is 10.0. The Morgan fingerprint density at radius 2 is 1.92 bits per heavy atom. The van der Waals surface area contributed by atoms with Gasteiger partial charge in [-0.1, -0.05) is 13.8 Å². The second kappa shape index (κ2) is 4.23. The molecule has 3 unspecified atom stereocenters. The monoisotopic (exact) mass is 183 g/mol. The smallest absolute Gasteiger partial charge is 0.146 e. The molecule has 0 aromatic heterocycles. The average molecular weight is 183 g/mol. The molecule has 2 fully saturated rings. The number of likely N-dealkylation sites (tertiary alicyclic amines) is 1. The molecule has 13 heavy (non-hydrogen) atoms. The maximum atomic E-state index is 11.1. The van der Waals surface area contributed by atoms with Crippen LogP contribution in [0.25, 0.3) is 0 Å². The molecular weight excluding hydrogens is 162 g/mol. The van der Waals surface area contributed by atoms with Crippen LogP contribution in [-0.2, 0) is 4.79 Å². The van der Waals surface area contributed by atoms with Gasteiger partial charge in [0.15, 0.2) is 0 Å². The van der Waals surface area contributed by atoms with Gasteiger partial charge in [-0.2, -0.15) is 0 Å². The number of carbonyl (C=O) groups is 1. The Labute approximate surface area is 81.3 Å². The number of hydrogen-bond donors (Lipinski definition) is 0. The third-order valence-corrected chi connectivity index (χ3v) is 3.18. The van der Waals surface area contributed by atoms with E-state index in [1.807, 2.05) is 13.8 Å². The Balaban J connectivity index is 0.000000396. The normalized spacial score (nSPS) is 37.1. The van der Waals surface area contributed by atoms with Gasteiger partial charge in [-0.15, -0.1) is 0 Å². The maximum absolute atomic E-state index is 11.1. The van der Waals surface area contributed by atoms with Crippen LogP contribution in [0.1, 0.15) is 40.0 Å². The molecule has 0 aromatic carbocycles. The molecule has 1 heterocycles. The molecule has 2 aliphatic rings. The van der Waals surface area contributed by atoms with Gasteiger partial charge in [-0.3, -0.25) is 9.69 Å². The topological polar surface area (TPSA) is 20.3 Å². The molecule has 2 rings (SSSR count). The number of fused-ring (bicyclic) bond motifs is 1. The quantitative estimate of drug-likeness (QED) is 0.620. The predicted molar refractivity (Wildman–Crippen MR) is 54.7 cm³/mol. The molecule has 0 radical (unpaired) electrons. The van der Waals surface area contributed by atoms with Crippen LogP contribution in [-0.4, -0.2) is 29.8 Å². The lowest BCUT2D eigenvalue weighted by Crippen LogP contribution is -2.42. The minimum atomic E-state index is 0.235. The lowest BCUT2D eigenvalue weighted by atomic mass is 10.00. The van der Waals surface area contributed by atoms with E-state index in [4.69, 9.17) is 0 Å². The van der Waals surface area contributed by atoms with Gasteiger partial charge in [0.2, 0.25) is 0 Å². The summed E-state index contributed by atoms with van der Waals surface area (Å²) in [6, 6.07) is 0.983. The summed E-state index contributed by atoms with van der Waals surface area (Å²) in [4.78, 5) is 13.4. The number of piperidine rings is 1. The van der Waals surface area contributed by atoms with E-state index in [0.29, 0.717) is 5.78 Å². The summed E-state index contributed by atoms with van der Waals surface area (Å²) < 4.78 is 0. The number of likely N-dealkylation sites (N-methyl/N-ethyl adjacent to an activating group) is 1. The number of carbonyl (C=O) groups excluding carboxylic acids is 1. The summed E-state index contributed by atoms with van der Waals surface area (Å²) in [7, 11) is 2.09. The van der Waals surface area contributed by atoms with E-state index in [1.54, 1.807) is 6.92 Å². The SMILES string of the molecule is CC.CC(=O)C1CCC2CC2N1C. The van der Waals surface area contributed by atoms with Gasteiger partial charge in [-0.05, 0) is 39.2 Å². The molecule has 1 aliphatic heterocycles. The highest BCUT2D eigenvalue weighted by molar-refractivity contribution is 5.81. The van der Waals surface area contributed by atoms with Gasteiger partial charge in [0.1, 0.15) is 5.78 Å². The molecule has 0 spiro atoms. The molecule has 76 valence electrons. The van der Waals surface area contributed by atoms with Crippen molar-refractivity contribution in [1.29, 1.82) is 0 Å². The highest BCUT2D eigenvalue weighted by Crippen LogP contribution is 2.44. The van der Waals surface area contributed by atoms with Gasteiger partial charge in [-0.25, -0.2) is 0 Å². The van der Waals surface area contributed by atoms with Crippen LogP contribution < -0.4 is 0 Å². The minimum Gasteiger partial charge on any atom is -0.298 e. The van der Waals surface area contributed by atoms with Crippen LogP contribution in [0.2, 0.25) is 0 Å². The molecule has 1 saturated carbocycles. The van der Waals surface area contributed by atoms with Gasteiger partial charge < -0.3 is 0 Å². The van der Waals surface area contributed by atoms with Crippen molar-refractivity contribution in [2.45, 2.75) is 52.1 Å². The Bertz CT molecular complexity index is 191. The fraction of sp³-hybridized carbons (Fsp3) is 0.909. The largest absolute Gasteiger partial charge is 0.298 e. The lowest BCUT2D eigenvalue weighted by molar-refractivity contribution is -0.122. The first-order valence-electron chi connectivity index (χ1n) is 5.42. The second-order valence-electron chi connectivity index (χ2n) is 3.93. The first-order valence-corrected chi connectivity index (χ1v) is 5.42. The van der Waals surface area contributed by atoms with Crippen molar-refractivity contribution in [2.75, 3.05) is 7.05 Å². The molecule has 1 aliphatic carbocycles. The first-order chi connectivity index (χ1) is 6.20. The third kappa shape index (κ3) is 2.11. The fourth-order valence-corrected chi connectivity index (χ4v) is 2.34. The summed E-state index contributed by atoms with van der Waals surface area (Å²) in [5, 5.41) is 0. The minimum absolute atomic E-state index is 0.235. The van der Waals surface area contributed by atoms with Gasteiger partial charge >= 0.3 is 0 Å². The molecule has 2 heteroatoms. The predicted octanol–water partition coefficient (Wildman–Crippen LogP) is 2.08. The van der Waals surface area contributed by atoms with Crippen LogP contribution >= 0.6 is 0 Å². The van der Waals surface area contributed by atoms with E-state index in [2.05, 4.69) is 11.9 Å². The number of Topliss-reactive ketones (excluding diaryl/α,β-unsaturated/α-hetero) is 1. The highest BCUT2D eigenvalue weighted by Gasteiger charge is 2.46. The Morgan fingerprint density at radius 1 is 1.31 bits per heavy atom. The van der Waals surface area contributed by atoms with Crippen LogP contribution in [0, 0.1) is 5.92 Å². The van der Waals surface area contributed by atoms with Crippen LogP contribution in [0.3, 0.4) is 0 Å². The number of nitrogens with zero attached hydrogens (tertiary/aromatic N) is 1. The zero-order valence-electron chi connectivity index (χ0n) is 9.21. The molecule has 0 N–H and O–H groups in total. The van der Waals surface area contributed by atoms with E-state index in [-0.39, 0.29) is 6.04 Å². The summed E-state index contributed by atoms with van der Waals surface area (Å²) in [5.74, 6) is 1.27. The first kappa shape index (κ1) is 10.7. The van der Waals surface area contributed by atoms with E-state index in [9.17, 15) is 4.79 Å². The summed E-state index contributed by atoms with van der Waals surface area (Å²) in [5.41, 5.74) is 0. The van der Waals surface area contributed by atoms with Crippen molar-refractivity contribution in [3.63, 3.8) is 0 Å². The van der Waals surface area contributed by atoms with Crippen molar-refractivity contribution < 1.29 is 4.79 Å². The van der Waals surface area contributed by atoms with Gasteiger partial charge in [0, 0.05) is 6.04 Å². The van der Waals surface area contributed by atoms with Gasteiger partial charge in [0.25, 0.3) is 0 Å². The van der Waals surface area contributed by atoms with Crippen molar-refractivity contribution in [1.82, 2.24) is 4.90 Å². The summed E-state index contributed by atoms with van der Waals surface area (Å²) in [6.07, 6.45) is 3.70. The lowest BCUT2D eigenvalue weighted by Gasteiger charge is -2.30. The van der Waals surface area contributed by atoms with Gasteiger partial charge in [0.05, 0.1) is 6.04 Å². The highest BCUT2D eigenvalue weighted by atomic mass is 16.1. The van der Waals surface area contributed by atoms with Crippen LogP contribution in [0.15, 0.2) is 0 Å². The van der Waals surface area contributed by atoms with E-state index in [1.165, 1.54) is 12.8 Å². The Morgan fingerprint density at radius 3 is 2.46 bits per heavy atom. The van der Waals surface area contributed by atoms with E-state index in [0.717, 1.165) is 18.4 Å².